The molecule has 1 saturated heterocycles. The Morgan fingerprint density at radius 3 is 2.32 bits per heavy atom. The monoisotopic (exact) mass is 388 g/mol. The van der Waals surface area contributed by atoms with Gasteiger partial charge in [-0.25, -0.2) is 4.98 Å². The van der Waals surface area contributed by atoms with Gasteiger partial charge in [-0.3, -0.25) is 0 Å². The second kappa shape index (κ2) is 8.40. The number of aromatic nitrogens is 1. The van der Waals surface area contributed by atoms with Crippen molar-refractivity contribution in [2.75, 3.05) is 36.4 Å². The summed E-state index contributed by atoms with van der Waals surface area (Å²) in [6.07, 6.45) is 0. The molecule has 0 atom stereocenters. The van der Waals surface area contributed by atoms with Crippen molar-refractivity contribution in [2.45, 2.75) is 6.92 Å². The highest BCUT2D eigenvalue weighted by Crippen LogP contribution is 2.28. The minimum Gasteiger partial charge on any atom is -0.353 e. The summed E-state index contributed by atoms with van der Waals surface area (Å²) in [7, 11) is 0. The first kappa shape index (κ1) is 18.4. The third-order valence-corrected chi connectivity index (χ3v) is 5.38. The van der Waals surface area contributed by atoms with E-state index in [1.807, 2.05) is 25.1 Å². The zero-order valence-electron chi connectivity index (χ0n) is 16.0. The van der Waals surface area contributed by atoms with Crippen molar-refractivity contribution in [3.8, 4) is 11.1 Å². The predicted molar refractivity (Wildman–Crippen MR) is 121 cm³/mol. The van der Waals surface area contributed by atoms with Crippen LogP contribution in [0, 0.1) is 6.92 Å². The molecule has 0 spiro atoms. The van der Waals surface area contributed by atoms with Gasteiger partial charge in [0.15, 0.2) is 5.11 Å². The second-order valence-electron chi connectivity index (χ2n) is 6.95. The summed E-state index contributed by atoms with van der Waals surface area (Å²) < 4.78 is 0. The average molecular weight is 389 g/mol. The summed E-state index contributed by atoms with van der Waals surface area (Å²) in [6.45, 7) is 5.63. The van der Waals surface area contributed by atoms with Gasteiger partial charge in [0, 0.05) is 43.1 Å². The molecule has 0 aliphatic carbocycles. The van der Waals surface area contributed by atoms with Crippen LogP contribution in [0.4, 0.5) is 11.5 Å². The van der Waals surface area contributed by atoms with Gasteiger partial charge < -0.3 is 15.1 Å². The van der Waals surface area contributed by atoms with Gasteiger partial charge in [0.05, 0.1) is 0 Å². The number of anilines is 2. The number of pyridine rings is 1. The largest absolute Gasteiger partial charge is 0.353 e. The van der Waals surface area contributed by atoms with Crippen LogP contribution >= 0.6 is 12.2 Å². The first-order valence-corrected chi connectivity index (χ1v) is 10.0. The Morgan fingerprint density at radius 1 is 0.857 bits per heavy atom. The third-order valence-electron chi connectivity index (χ3n) is 5.02. The smallest absolute Gasteiger partial charge is 0.173 e. The summed E-state index contributed by atoms with van der Waals surface area (Å²) >= 11 is 5.72. The summed E-state index contributed by atoms with van der Waals surface area (Å²) in [5.41, 5.74) is 4.44. The Hall–Kier alpha value is -2.92. The fourth-order valence-corrected chi connectivity index (χ4v) is 3.79. The van der Waals surface area contributed by atoms with Crippen LogP contribution in [0.15, 0.2) is 72.8 Å². The molecule has 4 rings (SSSR count). The van der Waals surface area contributed by atoms with Gasteiger partial charge in [-0.2, -0.15) is 0 Å². The number of hydrogen-bond donors (Lipinski definition) is 1. The number of benzene rings is 2. The zero-order valence-corrected chi connectivity index (χ0v) is 16.8. The Bertz CT molecular complexity index is 950. The van der Waals surface area contributed by atoms with Gasteiger partial charge in [0.1, 0.15) is 5.82 Å². The third kappa shape index (κ3) is 4.15. The average Bonchev–Trinajstić information content (AvgIpc) is 2.75. The number of aryl methyl sites for hydroxylation is 1. The molecular formula is C23H24N4S. The van der Waals surface area contributed by atoms with Crippen LogP contribution in [-0.2, 0) is 0 Å². The van der Waals surface area contributed by atoms with Crippen molar-refractivity contribution >= 4 is 28.8 Å². The van der Waals surface area contributed by atoms with E-state index >= 15 is 0 Å². The number of nitrogens with zero attached hydrogens (tertiary/aromatic N) is 3. The Labute approximate surface area is 171 Å². The van der Waals surface area contributed by atoms with Crippen LogP contribution in [0.25, 0.3) is 11.1 Å². The number of nitrogens with one attached hydrogen (secondary N) is 1. The minimum atomic E-state index is 0.778. The highest BCUT2D eigenvalue weighted by atomic mass is 32.1. The molecule has 3 aromatic rings. The summed E-state index contributed by atoms with van der Waals surface area (Å²) in [4.78, 5) is 9.20. The normalized spacial score (nSPS) is 14.0. The van der Waals surface area contributed by atoms with Crippen LogP contribution in [0.5, 0.6) is 0 Å². The molecule has 1 aromatic heterocycles. The van der Waals surface area contributed by atoms with E-state index in [1.54, 1.807) is 0 Å². The number of para-hydroxylation sites is 1. The first-order valence-electron chi connectivity index (χ1n) is 9.60. The minimum absolute atomic E-state index is 0.778. The highest BCUT2D eigenvalue weighted by Gasteiger charge is 2.20. The molecule has 2 heterocycles. The van der Waals surface area contributed by atoms with E-state index in [2.05, 4.69) is 74.7 Å². The standard InChI is InChI=1S/C23H24N4S/c1-18-8-7-13-22(24-18)26-14-16-27(17-15-26)23(28)25-21-12-6-5-11-20(21)19-9-3-2-4-10-19/h2-13H,14-17H2,1H3,(H,25,28). The van der Waals surface area contributed by atoms with E-state index < -0.39 is 0 Å². The lowest BCUT2D eigenvalue weighted by Gasteiger charge is -2.37. The first-order chi connectivity index (χ1) is 13.7. The van der Waals surface area contributed by atoms with Crippen molar-refractivity contribution in [2.24, 2.45) is 0 Å². The predicted octanol–water partition coefficient (Wildman–Crippen LogP) is 4.58. The van der Waals surface area contributed by atoms with Gasteiger partial charge in [0.25, 0.3) is 0 Å². The van der Waals surface area contributed by atoms with E-state index in [9.17, 15) is 0 Å². The van der Waals surface area contributed by atoms with E-state index in [4.69, 9.17) is 12.2 Å². The lowest BCUT2D eigenvalue weighted by molar-refractivity contribution is 0.389. The maximum absolute atomic E-state index is 5.72. The molecule has 142 valence electrons. The van der Waals surface area contributed by atoms with Crippen molar-refractivity contribution in [1.82, 2.24) is 9.88 Å². The fourth-order valence-electron chi connectivity index (χ4n) is 3.50. The van der Waals surface area contributed by atoms with Crippen LogP contribution in [-0.4, -0.2) is 41.2 Å². The van der Waals surface area contributed by atoms with E-state index in [0.29, 0.717) is 0 Å². The highest BCUT2D eigenvalue weighted by molar-refractivity contribution is 7.80. The molecule has 4 nitrogen and oxygen atoms in total. The molecule has 2 aromatic carbocycles. The van der Waals surface area contributed by atoms with Crippen LogP contribution in [0.3, 0.4) is 0 Å². The van der Waals surface area contributed by atoms with Crippen molar-refractivity contribution in [1.29, 1.82) is 0 Å². The maximum Gasteiger partial charge on any atom is 0.173 e. The summed E-state index contributed by atoms with van der Waals surface area (Å²) in [5.74, 6) is 1.05. The van der Waals surface area contributed by atoms with Gasteiger partial charge >= 0.3 is 0 Å². The molecule has 0 radical (unpaired) electrons. The Morgan fingerprint density at radius 2 is 1.57 bits per heavy atom. The van der Waals surface area contributed by atoms with E-state index in [-0.39, 0.29) is 0 Å². The van der Waals surface area contributed by atoms with E-state index in [0.717, 1.165) is 54.1 Å². The summed E-state index contributed by atoms with van der Waals surface area (Å²) in [5, 5.41) is 4.24. The molecule has 1 aliphatic heterocycles. The molecular weight excluding hydrogens is 364 g/mol. The van der Waals surface area contributed by atoms with Gasteiger partial charge in [-0.1, -0.05) is 54.6 Å². The number of hydrogen-bond acceptors (Lipinski definition) is 3. The quantitative estimate of drug-likeness (QED) is 0.664. The number of thiocarbonyl (C=S) groups is 1. The topological polar surface area (TPSA) is 31.4 Å². The summed E-state index contributed by atoms with van der Waals surface area (Å²) in [6, 6.07) is 24.9. The van der Waals surface area contributed by atoms with Crippen LogP contribution in [0.1, 0.15) is 5.69 Å². The molecule has 0 amide bonds. The molecule has 0 saturated carbocycles. The molecule has 1 N–H and O–H groups in total. The SMILES string of the molecule is Cc1cccc(N2CCN(C(=S)Nc3ccccc3-c3ccccc3)CC2)n1. The van der Waals surface area contributed by atoms with Gasteiger partial charge in [-0.05, 0) is 42.9 Å². The lowest BCUT2D eigenvalue weighted by Crippen LogP contribution is -2.50. The van der Waals surface area contributed by atoms with Gasteiger partial charge in [-0.15, -0.1) is 0 Å². The molecule has 1 aliphatic rings. The second-order valence-corrected chi connectivity index (χ2v) is 7.34. The molecule has 0 bridgehead atoms. The molecule has 0 unspecified atom stereocenters. The lowest BCUT2D eigenvalue weighted by atomic mass is 10.0. The molecule has 28 heavy (non-hydrogen) atoms. The van der Waals surface area contributed by atoms with Crippen LogP contribution in [0.2, 0.25) is 0 Å². The van der Waals surface area contributed by atoms with Gasteiger partial charge in [0.2, 0.25) is 0 Å². The number of piperazine rings is 1. The maximum atomic E-state index is 5.72. The molecule has 5 heteroatoms. The van der Waals surface area contributed by atoms with Crippen molar-refractivity contribution in [3.05, 3.63) is 78.5 Å². The van der Waals surface area contributed by atoms with Crippen molar-refractivity contribution in [3.63, 3.8) is 0 Å². The number of rotatable bonds is 3. The van der Waals surface area contributed by atoms with Crippen LogP contribution < -0.4 is 10.2 Å². The van der Waals surface area contributed by atoms with Crippen molar-refractivity contribution < 1.29 is 0 Å². The fraction of sp³-hybridized carbons (Fsp3) is 0.217. The van der Waals surface area contributed by atoms with E-state index in [1.165, 1.54) is 5.56 Å². The Kier molecular flexibility index (Phi) is 5.53. The molecule has 1 fully saturated rings. The zero-order chi connectivity index (χ0) is 19.3. The Balaban J connectivity index is 1.42.